The molecule has 1 aliphatic rings. The molecule has 0 radical (unpaired) electrons. The van der Waals surface area contributed by atoms with Crippen LogP contribution >= 0.6 is 0 Å². The van der Waals surface area contributed by atoms with Crippen molar-refractivity contribution in [3.8, 4) is 0 Å². The van der Waals surface area contributed by atoms with E-state index in [1.54, 1.807) is 0 Å². The van der Waals surface area contributed by atoms with Gasteiger partial charge in [0.1, 0.15) is 0 Å². The van der Waals surface area contributed by atoms with Crippen LogP contribution in [-0.2, 0) is 0 Å². The lowest BCUT2D eigenvalue weighted by Gasteiger charge is -2.39. The number of nitrogens with zero attached hydrogens (tertiary/aromatic N) is 2. The average molecular weight is 241 g/mol. The summed E-state index contributed by atoms with van der Waals surface area (Å²) in [5.74, 6) is 0.800. The Morgan fingerprint density at radius 1 is 1.29 bits per heavy atom. The van der Waals surface area contributed by atoms with Gasteiger partial charge in [0, 0.05) is 25.7 Å². The Balaban J connectivity index is 2.12. The molecule has 102 valence electrons. The van der Waals surface area contributed by atoms with Gasteiger partial charge in [-0.15, -0.1) is 0 Å². The van der Waals surface area contributed by atoms with Gasteiger partial charge < -0.3 is 10.6 Å². The third kappa shape index (κ3) is 5.36. The van der Waals surface area contributed by atoms with Gasteiger partial charge in [-0.05, 0) is 51.7 Å². The number of hydrogen-bond acceptors (Lipinski definition) is 3. The Kier molecular flexibility index (Phi) is 7.09. The van der Waals surface area contributed by atoms with E-state index in [-0.39, 0.29) is 0 Å². The smallest absolute Gasteiger partial charge is 0.0195 e. The minimum absolute atomic E-state index is 0.732. The first-order valence-corrected chi connectivity index (χ1v) is 7.33. The second kappa shape index (κ2) is 8.06. The molecule has 3 heteroatoms. The zero-order valence-corrected chi connectivity index (χ0v) is 12.0. The Hall–Kier alpha value is -0.120. The maximum atomic E-state index is 5.58. The van der Waals surface area contributed by atoms with Crippen molar-refractivity contribution < 1.29 is 0 Å². The lowest BCUT2D eigenvalue weighted by atomic mass is 10.0. The molecular weight excluding hydrogens is 210 g/mol. The lowest BCUT2D eigenvalue weighted by molar-refractivity contribution is 0.0862. The van der Waals surface area contributed by atoms with Gasteiger partial charge >= 0.3 is 0 Å². The normalized spacial score (nSPS) is 25.1. The maximum Gasteiger partial charge on any atom is 0.0195 e. The predicted molar refractivity (Wildman–Crippen MR) is 75.2 cm³/mol. The van der Waals surface area contributed by atoms with Gasteiger partial charge in [-0.2, -0.15) is 0 Å². The molecule has 0 spiro atoms. The van der Waals surface area contributed by atoms with Gasteiger partial charge in [0.25, 0.3) is 0 Å². The van der Waals surface area contributed by atoms with Crippen molar-refractivity contribution in [3.63, 3.8) is 0 Å². The van der Waals surface area contributed by atoms with Crippen LogP contribution in [0.1, 0.15) is 40.0 Å². The highest BCUT2D eigenvalue weighted by molar-refractivity contribution is 4.78. The summed E-state index contributed by atoms with van der Waals surface area (Å²) in [6, 6.07) is 0.732. The van der Waals surface area contributed by atoms with Crippen LogP contribution in [0.4, 0.5) is 0 Å². The van der Waals surface area contributed by atoms with Gasteiger partial charge in [0.05, 0.1) is 0 Å². The third-order valence-corrected chi connectivity index (χ3v) is 4.09. The molecule has 3 nitrogen and oxygen atoms in total. The van der Waals surface area contributed by atoms with E-state index in [9.17, 15) is 0 Å². The topological polar surface area (TPSA) is 32.5 Å². The van der Waals surface area contributed by atoms with Gasteiger partial charge in [-0.25, -0.2) is 0 Å². The Bertz CT molecular complexity index is 196. The molecule has 1 aliphatic heterocycles. The summed E-state index contributed by atoms with van der Waals surface area (Å²) in [4.78, 5) is 5.21. The first-order chi connectivity index (χ1) is 8.17. The molecule has 1 fully saturated rings. The lowest BCUT2D eigenvalue weighted by Crippen LogP contribution is -2.51. The van der Waals surface area contributed by atoms with E-state index in [2.05, 4.69) is 30.6 Å². The highest BCUT2D eigenvalue weighted by atomic mass is 15.3. The van der Waals surface area contributed by atoms with E-state index < -0.39 is 0 Å². The molecule has 0 aromatic carbocycles. The molecule has 1 heterocycles. The Morgan fingerprint density at radius 3 is 2.65 bits per heavy atom. The molecule has 0 bridgehead atoms. The minimum Gasteiger partial charge on any atom is -0.330 e. The monoisotopic (exact) mass is 241 g/mol. The van der Waals surface area contributed by atoms with E-state index in [0.29, 0.717) is 0 Å². The van der Waals surface area contributed by atoms with Crippen LogP contribution in [0.25, 0.3) is 0 Å². The fourth-order valence-electron chi connectivity index (χ4n) is 2.84. The predicted octanol–water partition coefficient (Wildman–Crippen LogP) is 1.78. The number of nitrogens with two attached hydrogens (primary N) is 1. The summed E-state index contributed by atoms with van der Waals surface area (Å²) in [6.45, 7) is 14.0. The van der Waals surface area contributed by atoms with Crippen LogP contribution in [0, 0.1) is 5.92 Å². The first-order valence-electron chi connectivity index (χ1n) is 7.33. The Labute approximate surface area is 107 Å². The summed E-state index contributed by atoms with van der Waals surface area (Å²) in [5.41, 5.74) is 5.58. The van der Waals surface area contributed by atoms with Crippen molar-refractivity contribution in [2.45, 2.75) is 46.1 Å². The van der Waals surface area contributed by atoms with Crippen molar-refractivity contribution in [3.05, 3.63) is 0 Å². The SMILES string of the molecule is CCN1CCN(CCCC(C)CCN)CC1C. The van der Waals surface area contributed by atoms with Crippen molar-refractivity contribution in [2.75, 3.05) is 39.3 Å². The number of piperazine rings is 1. The second-order valence-electron chi connectivity index (χ2n) is 5.60. The van der Waals surface area contributed by atoms with E-state index in [1.807, 2.05) is 0 Å². The van der Waals surface area contributed by atoms with E-state index >= 15 is 0 Å². The van der Waals surface area contributed by atoms with E-state index in [4.69, 9.17) is 5.73 Å². The number of likely N-dealkylation sites (N-methyl/N-ethyl adjacent to an activating group) is 1. The first kappa shape index (κ1) is 14.9. The van der Waals surface area contributed by atoms with Gasteiger partial charge in [0.2, 0.25) is 0 Å². The molecule has 0 aromatic heterocycles. The van der Waals surface area contributed by atoms with Crippen molar-refractivity contribution in [1.82, 2.24) is 9.80 Å². The summed E-state index contributed by atoms with van der Waals surface area (Å²) in [6.07, 6.45) is 3.85. The van der Waals surface area contributed by atoms with E-state index in [1.165, 1.54) is 52.0 Å². The molecule has 2 atom stereocenters. The molecule has 0 saturated carbocycles. The molecular formula is C14H31N3. The summed E-state index contributed by atoms with van der Waals surface area (Å²) in [5, 5.41) is 0. The van der Waals surface area contributed by atoms with Gasteiger partial charge in [0.15, 0.2) is 0 Å². The zero-order valence-electron chi connectivity index (χ0n) is 12.0. The van der Waals surface area contributed by atoms with E-state index in [0.717, 1.165) is 18.5 Å². The molecule has 1 saturated heterocycles. The highest BCUT2D eigenvalue weighted by Gasteiger charge is 2.21. The van der Waals surface area contributed by atoms with Crippen molar-refractivity contribution in [1.29, 1.82) is 0 Å². The van der Waals surface area contributed by atoms with Crippen LogP contribution in [0.2, 0.25) is 0 Å². The third-order valence-electron chi connectivity index (χ3n) is 4.09. The van der Waals surface area contributed by atoms with Crippen LogP contribution in [-0.4, -0.2) is 55.1 Å². The summed E-state index contributed by atoms with van der Waals surface area (Å²) >= 11 is 0. The van der Waals surface area contributed by atoms with Crippen molar-refractivity contribution >= 4 is 0 Å². The van der Waals surface area contributed by atoms with Crippen molar-refractivity contribution in [2.24, 2.45) is 11.7 Å². The largest absolute Gasteiger partial charge is 0.330 e. The minimum atomic E-state index is 0.732. The summed E-state index contributed by atoms with van der Waals surface area (Å²) in [7, 11) is 0. The zero-order chi connectivity index (χ0) is 12.7. The molecule has 1 rings (SSSR count). The van der Waals surface area contributed by atoms with Crippen LogP contribution in [0.15, 0.2) is 0 Å². The van der Waals surface area contributed by atoms with Gasteiger partial charge in [-0.1, -0.05) is 13.8 Å². The van der Waals surface area contributed by atoms with Crippen LogP contribution in [0.3, 0.4) is 0 Å². The molecule has 17 heavy (non-hydrogen) atoms. The summed E-state index contributed by atoms with van der Waals surface area (Å²) < 4.78 is 0. The quantitative estimate of drug-likeness (QED) is 0.737. The molecule has 2 N–H and O–H groups in total. The number of hydrogen-bond donors (Lipinski definition) is 1. The highest BCUT2D eigenvalue weighted by Crippen LogP contribution is 2.13. The molecule has 0 amide bonds. The fraction of sp³-hybridized carbons (Fsp3) is 1.00. The number of rotatable bonds is 7. The average Bonchev–Trinajstić information content (AvgIpc) is 2.29. The standard InChI is InChI=1S/C14H31N3/c1-4-17-11-10-16(12-14(17)3)9-5-6-13(2)7-8-15/h13-14H,4-12,15H2,1-3H3. The Morgan fingerprint density at radius 2 is 2.06 bits per heavy atom. The molecule has 0 aromatic rings. The maximum absolute atomic E-state index is 5.58. The molecule has 0 aliphatic carbocycles. The molecule has 2 unspecified atom stereocenters. The fourth-order valence-corrected chi connectivity index (χ4v) is 2.84. The van der Waals surface area contributed by atoms with Crippen LogP contribution < -0.4 is 5.73 Å². The second-order valence-corrected chi connectivity index (χ2v) is 5.60. The van der Waals surface area contributed by atoms with Gasteiger partial charge in [-0.3, -0.25) is 4.90 Å². The van der Waals surface area contributed by atoms with Crippen LogP contribution in [0.5, 0.6) is 0 Å².